The fourth-order valence-corrected chi connectivity index (χ4v) is 2.86. The molecule has 0 aromatic heterocycles. The van der Waals surface area contributed by atoms with Crippen molar-refractivity contribution in [1.29, 1.82) is 0 Å². The molecule has 1 saturated carbocycles. The fourth-order valence-electron chi connectivity index (χ4n) is 1.75. The van der Waals surface area contributed by atoms with E-state index in [4.69, 9.17) is 10.5 Å². The third kappa shape index (κ3) is 3.22. The van der Waals surface area contributed by atoms with Gasteiger partial charge in [0.25, 0.3) is 0 Å². The predicted molar refractivity (Wildman–Crippen MR) is 68.9 cm³/mol. The van der Waals surface area contributed by atoms with Gasteiger partial charge in [-0.3, -0.25) is 0 Å². The molecule has 1 aromatic carbocycles. The Kier molecular flexibility index (Phi) is 3.89. The zero-order chi connectivity index (χ0) is 13.2. The zero-order valence-corrected chi connectivity index (χ0v) is 11.1. The summed E-state index contributed by atoms with van der Waals surface area (Å²) in [6, 6.07) is 6.28. The van der Waals surface area contributed by atoms with Gasteiger partial charge in [-0.25, -0.2) is 13.1 Å². The maximum absolute atomic E-state index is 12.0. The molecule has 0 aliphatic heterocycles. The SMILES string of the molecule is COc1cccc(S(=O)(=O)NCC(N)C2CC2)c1. The topological polar surface area (TPSA) is 81.4 Å². The number of sulfonamides is 1. The Morgan fingerprint density at radius 1 is 1.50 bits per heavy atom. The lowest BCUT2D eigenvalue weighted by molar-refractivity contribution is 0.413. The predicted octanol–water partition coefficient (Wildman–Crippen LogP) is 0.711. The van der Waals surface area contributed by atoms with E-state index in [9.17, 15) is 8.42 Å². The number of ether oxygens (including phenoxy) is 1. The number of rotatable bonds is 6. The van der Waals surface area contributed by atoms with Gasteiger partial charge in [-0.05, 0) is 30.9 Å². The Balaban J connectivity index is 2.04. The molecule has 0 bridgehead atoms. The van der Waals surface area contributed by atoms with Crippen LogP contribution >= 0.6 is 0 Å². The van der Waals surface area contributed by atoms with Crippen molar-refractivity contribution in [2.45, 2.75) is 23.8 Å². The molecule has 1 fully saturated rings. The molecule has 0 spiro atoms. The first-order valence-electron chi connectivity index (χ1n) is 5.92. The molecule has 1 unspecified atom stereocenters. The quantitative estimate of drug-likeness (QED) is 0.797. The van der Waals surface area contributed by atoms with Crippen LogP contribution in [0.3, 0.4) is 0 Å². The maximum atomic E-state index is 12.0. The third-order valence-corrected chi connectivity index (χ3v) is 4.51. The minimum Gasteiger partial charge on any atom is -0.497 e. The van der Waals surface area contributed by atoms with Crippen LogP contribution in [-0.4, -0.2) is 28.1 Å². The molecule has 6 heteroatoms. The molecule has 100 valence electrons. The second-order valence-electron chi connectivity index (χ2n) is 4.53. The number of methoxy groups -OCH3 is 1. The van der Waals surface area contributed by atoms with Gasteiger partial charge in [0.05, 0.1) is 12.0 Å². The summed E-state index contributed by atoms with van der Waals surface area (Å²) in [4.78, 5) is 0.199. The van der Waals surface area contributed by atoms with Crippen molar-refractivity contribution in [1.82, 2.24) is 4.72 Å². The lowest BCUT2D eigenvalue weighted by Gasteiger charge is -2.12. The monoisotopic (exact) mass is 270 g/mol. The molecule has 1 aromatic rings. The first-order valence-corrected chi connectivity index (χ1v) is 7.40. The first-order chi connectivity index (χ1) is 8.53. The van der Waals surface area contributed by atoms with Crippen LogP contribution in [0.15, 0.2) is 29.2 Å². The van der Waals surface area contributed by atoms with Crippen LogP contribution in [0.2, 0.25) is 0 Å². The molecule has 3 N–H and O–H groups in total. The first kappa shape index (κ1) is 13.3. The van der Waals surface area contributed by atoms with Crippen molar-refractivity contribution in [2.75, 3.05) is 13.7 Å². The van der Waals surface area contributed by atoms with Crippen molar-refractivity contribution in [3.8, 4) is 5.75 Å². The minimum absolute atomic E-state index is 0.0922. The number of hydrogen-bond donors (Lipinski definition) is 2. The van der Waals surface area contributed by atoms with Crippen molar-refractivity contribution < 1.29 is 13.2 Å². The second-order valence-corrected chi connectivity index (χ2v) is 6.30. The van der Waals surface area contributed by atoms with Crippen LogP contribution in [0.1, 0.15) is 12.8 Å². The Morgan fingerprint density at radius 3 is 2.83 bits per heavy atom. The van der Waals surface area contributed by atoms with E-state index >= 15 is 0 Å². The molecule has 1 aliphatic carbocycles. The van der Waals surface area contributed by atoms with Crippen LogP contribution in [-0.2, 0) is 10.0 Å². The molecule has 1 aliphatic rings. The molecule has 0 heterocycles. The lowest BCUT2D eigenvalue weighted by atomic mass is 10.2. The molecule has 1 atom stereocenters. The minimum atomic E-state index is -3.50. The summed E-state index contributed by atoms with van der Waals surface area (Å²) in [5.41, 5.74) is 5.87. The molecule has 0 radical (unpaired) electrons. The third-order valence-electron chi connectivity index (χ3n) is 3.09. The van der Waals surface area contributed by atoms with Gasteiger partial charge in [0.2, 0.25) is 10.0 Å². The molecular formula is C12H18N2O3S. The molecule has 5 nitrogen and oxygen atoms in total. The summed E-state index contributed by atoms with van der Waals surface area (Å²) in [6.07, 6.45) is 2.20. The number of nitrogens with two attached hydrogens (primary N) is 1. The highest BCUT2D eigenvalue weighted by Gasteiger charge is 2.29. The van der Waals surface area contributed by atoms with E-state index in [1.807, 2.05) is 0 Å². The molecule has 2 rings (SSSR count). The van der Waals surface area contributed by atoms with Crippen LogP contribution in [0, 0.1) is 5.92 Å². The largest absolute Gasteiger partial charge is 0.497 e. The van der Waals surface area contributed by atoms with Crippen LogP contribution in [0.4, 0.5) is 0 Å². The van der Waals surface area contributed by atoms with Crippen molar-refractivity contribution in [3.63, 3.8) is 0 Å². The zero-order valence-electron chi connectivity index (χ0n) is 10.3. The van der Waals surface area contributed by atoms with E-state index in [0.29, 0.717) is 11.7 Å². The highest BCUT2D eigenvalue weighted by molar-refractivity contribution is 7.89. The Morgan fingerprint density at radius 2 is 2.22 bits per heavy atom. The average Bonchev–Trinajstić information content (AvgIpc) is 3.20. The van der Waals surface area contributed by atoms with Gasteiger partial charge in [0.15, 0.2) is 0 Å². The smallest absolute Gasteiger partial charge is 0.240 e. The molecule has 0 amide bonds. The van der Waals surface area contributed by atoms with Crippen LogP contribution in [0.5, 0.6) is 5.75 Å². The van der Waals surface area contributed by atoms with Crippen LogP contribution in [0.25, 0.3) is 0 Å². The van der Waals surface area contributed by atoms with Gasteiger partial charge in [-0.15, -0.1) is 0 Å². The second kappa shape index (κ2) is 5.26. The Labute approximate surface area is 107 Å². The molecular weight excluding hydrogens is 252 g/mol. The highest BCUT2D eigenvalue weighted by Crippen LogP contribution is 2.31. The maximum Gasteiger partial charge on any atom is 0.240 e. The van der Waals surface area contributed by atoms with E-state index in [1.165, 1.54) is 19.2 Å². The van der Waals surface area contributed by atoms with E-state index in [-0.39, 0.29) is 17.5 Å². The van der Waals surface area contributed by atoms with Gasteiger partial charge in [0.1, 0.15) is 5.75 Å². The van der Waals surface area contributed by atoms with Crippen LogP contribution < -0.4 is 15.2 Å². The summed E-state index contributed by atoms with van der Waals surface area (Å²) < 4.78 is 31.6. The van der Waals surface area contributed by atoms with E-state index < -0.39 is 10.0 Å². The van der Waals surface area contributed by atoms with Crippen molar-refractivity contribution >= 4 is 10.0 Å². The van der Waals surface area contributed by atoms with Crippen molar-refractivity contribution in [3.05, 3.63) is 24.3 Å². The molecule has 0 saturated heterocycles. The summed E-state index contributed by atoms with van der Waals surface area (Å²) in [5, 5.41) is 0. The van der Waals surface area contributed by atoms with Crippen molar-refractivity contribution in [2.24, 2.45) is 11.7 Å². The summed E-state index contributed by atoms with van der Waals surface area (Å²) in [6.45, 7) is 0.282. The lowest BCUT2D eigenvalue weighted by Crippen LogP contribution is -2.38. The van der Waals surface area contributed by atoms with E-state index in [0.717, 1.165) is 12.8 Å². The number of nitrogens with one attached hydrogen (secondary N) is 1. The summed E-state index contributed by atoms with van der Waals surface area (Å²) in [7, 11) is -2.00. The summed E-state index contributed by atoms with van der Waals surface area (Å²) in [5.74, 6) is 0.988. The fraction of sp³-hybridized carbons (Fsp3) is 0.500. The van der Waals surface area contributed by atoms with E-state index in [1.54, 1.807) is 12.1 Å². The van der Waals surface area contributed by atoms with Gasteiger partial charge in [-0.1, -0.05) is 6.07 Å². The average molecular weight is 270 g/mol. The number of hydrogen-bond acceptors (Lipinski definition) is 4. The van der Waals surface area contributed by atoms with Gasteiger partial charge < -0.3 is 10.5 Å². The van der Waals surface area contributed by atoms with Gasteiger partial charge in [-0.2, -0.15) is 0 Å². The molecule has 18 heavy (non-hydrogen) atoms. The Bertz CT molecular complexity index is 512. The highest BCUT2D eigenvalue weighted by atomic mass is 32.2. The number of benzene rings is 1. The van der Waals surface area contributed by atoms with E-state index in [2.05, 4.69) is 4.72 Å². The summed E-state index contributed by atoms with van der Waals surface area (Å²) >= 11 is 0. The standard InChI is InChI=1S/C12H18N2O3S/c1-17-10-3-2-4-11(7-10)18(15,16)14-8-12(13)9-5-6-9/h2-4,7,9,12,14H,5-6,8,13H2,1H3. The van der Waals surface area contributed by atoms with Gasteiger partial charge in [0, 0.05) is 18.7 Å². The normalized spacial score (nSPS) is 17.4. The van der Waals surface area contributed by atoms with Gasteiger partial charge >= 0.3 is 0 Å². The Hall–Kier alpha value is -1.11.